The van der Waals surface area contributed by atoms with Gasteiger partial charge in [-0.3, -0.25) is 0 Å². The van der Waals surface area contributed by atoms with Crippen LogP contribution in [0.1, 0.15) is 45.9 Å². The molecule has 1 fully saturated rings. The first kappa shape index (κ1) is 10.9. The largest absolute Gasteiger partial charge is 0.357 e. The zero-order valence-electron chi connectivity index (χ0n) is 9.71. The van der Waals surface area contributed by atoms with Crippen LogP contribution in [0.4, 0.5) is 5.13 Å². The van der Waals surface area contributed by atoms with Gasteiger partial charge in [-0.1, -0.05) is 27.2 Å². The van der Waals surface area contributed by atoms with Crippen LogP contribution in [0.3, 0.4) is 0 Å². The molecule has 15 heavy (non-hydrogen) atoms. The third kappa shape index (κ3) is 2.30. The van der Waals surface area contributed by atoms with E-state index in [4.69, 9.17) is 0 Å². The van der Waals surface area contributed by atoms with Gasteiger partial charge in [-0.2, -0.15) is 4.37 Å². The van der Waals surface area contributed by atoms with Crippen LogP contribution in [-0.2, 0) is 6.42 Å². The number of aryl methyl sites for hydroxylation is 1. The molecular formula is C11H19N3S. The monoisotopic (exact) mass is 225 g/mol. The van der Waals surface area contributed by atoms with Crippen molar-refractivity contribution in [3.05, 3.63) is 5.82 Å². The van der Waals surface area contributed by atoms with Crippen LogP contribution in [0, 0.1) is 5.41 Å². The van der Waals surface area contributed by atoms with Crippen LogP contribution in [0.2, 0.25) is 0 Å². The van der Waals surface area contributed by atoms with Gasteiger partial charge in [0, 0.05) is 24.0 Å². The molecule has 1 saturated carbocycles. The quantitative estimate of drug-likeness (QED) is 0.859. The van der Waals surface area contributed by atoms with E-state index in [1.54, 1.807) is 0 Å². The molecule has 1 aliphatic rings. The van der Waals surface area contributed by atoms with Crippen LogP contribution in [-0.4, -0.2) is 15.4 Å². The van der Waals surface area contributed by atoms with E-state index in [9.17, 15) is 0 Å². The molecule has 0 amide bonds. The van der Waals surface area contributed by atoms with Crippen molar-refractivity contribution in [2.75, 3.05) is 5.32 Å². The molecule has 2 rings (SSSR count). The van der Waals surface area contributed by atoms with Crippen LogP contribution < -0.4 is 5.32 Å². The van der Waals surface area contributed by atoms with Crippen LogP contribution >= 0.6 is 11.5 Å². The highest BCUT2D eigenvalue weighted by Crippen LogP contribution is 2.39. The first-order valence-electron chi connectivity index (χ1n) is 5.71. The molecular weight excluding hydrogens is 206 g/mol. The molecule has 0 bridgehead atoms. The number of hydrogen-bond acceptors (Lipinski definition) is 4. The standard InChI is InChI=1S/C11H19N3S/c1-4-9-13-10(15-14-9)12-8-6-5-7-11(8,2)3/h8H,4-7H2,1-3H3,(H,12,13,14). The molecule has 0 saturated heterocycles. The fourth-order valence-electron chi connectivity index (χ4n) is 2.20. The summed E-state index contributed by atoms with van der Waals surface area (Å²) in [7, 11) is 0. The average Bonchev–Trinajstić information content (AvgIpc) is 2.75. The topological polar surface area (TPSA) is 37.8 Å². The molecule has 1 atom stereocenters. The SMILES string of the molecule is CCc1nsc(NC2CCCC2(C)C)n1. The maximum absolute atomic E-state index is 4.45. The van der Waals surface area contributed by atoms with E-state index in [0.717, 1.165) is 17.4 Å². The fraction of sp³-hybridized carbons (Fsp3) is 0.818. The molecule has 3 nitrogen and oxygen atoms in total. The van der Waals surface area contributed by atoms with E-state index < -0.39 is 0 Å². The van der Waals surface area contributed by atoms with Gasteiger partial charge in [-0.05, 0) is 18.3 Å². The second-order valence-electron chi connectivity index (χ2n) is 4.95. The summed E-state index contributed by atoms with van der Waals surface area (Å²) < 4.78 is 4.29. The molecule has 1 aromatic rings. The van der Waals surface area contributed by atoms with Crippen LogP contribution in [0.5, 0.6) is 0 Å². The Bertz CT molecular complexity index is 332. The van der Waals surface area contributed by atoms with Crippen molar-refractivity contribution in [1.82, 2.24) is 9.36 Å². The van der Waals surface area contributed by atoms with Gasteiger partial charge in [-0.15, -0.1) is 0 Å². The summed E-state index contributed by atoms with van der Waals surface area (Å²) in [4.78, 5) is 4.45. The molecule has 4 heteroatoms. The van der Waals surface area contributed by atoms with Gasteiger partial charge >= 0.3 is 0 Å². The first-order valence-corrected chi connectivity index (χ1v) is 6.48. The van der Waals surface area contributed by atoms with Gasteiger partial charge in [0.2, 0.25) is 5.13 Å². The Hall–Kier alpha value is -0.640. The summed E-state index contributed by atoms with van der Waals surface area (Å²) in [6.45, 7) is 6.75. The second-order valence-corrected chi connectivity index (χ2v) is 5.70. The lowest BCUT2D eigenvalue weighted by molar-refractivity contribution is 0.350. The molecule has 1 heterocycles. The van der Waals surface area contributed by atoms with E-state index in [-0.39, 0.29) is 0 Å². The predicted octanol–water partition coefficient (Wildman–Crippen LogP) is 3.09. The van der Waals surface area contributed by atoms with E-state index in [1.165, 1.54) is 30.8 Å². The molecule has 0 aromatic carbocycles. The molecule has 1 N–H and O–H groups in total. The Kier molecular flexibility index (Phi) is 2.96. The van der Waals surface area contributed by atoms with Crippen LogP contribution in [0.15, 0.2) is 0 Å². The second kappa shape index (κ2) is 4.08. The van der Waals surface area contributed by atoms with Crippen molar-refractivity contribution in [3.8, 4) is 0 Å². The number of anilines is 1. The first-order chi connectivity index (χ1) is 7.12. The Labute approximate surface area is 95.5 Å². The maximum atomic E-state index is 4.45. The maximum Gasteiger partial charge on any atom is 0.202 e. The van der Waals surface area contributed by atoms with Crippen molar-refractivity contribution >= 4 is 16.7 Å². The van der Waals surface area contributed by atoms with Crippen molar-refractivity contribution in [3.63, 3.8) is 0 Å². The summed E-state index contributed by atoms with van der Waals surface area (Å²) in [6.07, 6.45) is 4.81. The van der Waals surface area contributed by atoms with Crippen molar-refractivity contribution in [2.24, 2.45) is 5.41 Å². The number of hydrogen-bond donors (Lipinski definition) is 1. The summed E-state index contributed by atoms with van der Waals surface area (Å²) in [6, 6.07) is 0.565. The highest BCUT2D eigenvalue weighted by atomic mass is 32.1. The summed E-state index contributed by atoms with van der Waals surface area (Å²) >= 11 is 1.49. The van der Waals surface area contributed by atoms with Crippen LogP contribution in [0.25, 0.3) is 0 Å². The Morgan fingerprint density at radius 1 is 1.53 bits per heavy atom. The minimum absolute atomic E-state index is 0.401. The van der Waals surface area contributed by atoms with E-state index in [2.05, 4.69) is 35.4 Å². The summed E-state index contributed by atoms with van der Waals surface area (Å²) in [5, 5.41) is 4.52. The lowest BCUT2D eigenvalue weighted by Gasteiger charge is -2.27. The molecule has 0 aliphatic heterocycles. The molecule has 1 unspecified atom stereocenters. The fourth-order valence-corrected chi connectivity index (χ4v) is 2.90. The molecule has 1 aromatic heterocycles. The number of nitrogens with zero attached hydrogens (tertiary/aromatic N) is 2. The van der Waals surface area contributed by atoms with E-state index in [0.29, 0.717) is 11.5 Å². The van der Waals surface area contributed by atoms with Gasteiger partial charge < -0.3 is 5.32 Å². The minimum atomic E-state index is 0.401. The Morgan fingerprint density at radius 3 is 2.87 bits per heavy atom. The number of aromatic nitrogens is 2. The predicted molar refractivity (Wildman–Crippen MR) is 64.3 cm³/mol. The third-order valence-electron chi connectivity index (χ3n) is 3.34. The summed E-state index contributed by atoms with van der Waals surface area (Å²) in [5.41, 5.74) is 0.401. The highest BCUT2D eigenvalue weighted by Gasteiger charge is 2.34. The molecule has 1 aliphatic carbocycles. The molecule has 84 valence electrons. The Balaban J connectivity index is 2.02. The Morgan fingerprint density at radius 2 is 2.33 bits per heavy atom. The van der Waals surface area contributed by atoms with E-state index >= 15 is 0 Å². The van der Waals surface area contributed by atoms with Crippen molar-refractivity contribution < 1.29 is 0 Å². The van der Waals surface area contributed by atoms with Crippen molar-refractivity contribution in [2.45, 2.75) is 52.5 Å². The molecule has 0 spiro atoms. The van der Waals surface area contributed by atoms with Gasteiger partial charge in [0.05, 0.1) is 0 Å². The van der Waals surface area contributed by atoms with Gasteiger partial charge in [0.25, 0.3) is 0 Å². The smallest absolute Gasteiger partial charge is 0.202 e. The van der Waals surface area contributed by atoms with Gasteiger partial charge in [0.15, 0.2) is 0 Å². The molecule has 0 radical (unpaired) electrons. The zero-order chi connectivity index (χ0) is 10.9. The summed E-state index contributed by atoms with van der Waals surface area (Å²) in [5.74, 6) is 0.957. The lowest BCUT2D eigenvalue weighted by atomic mass is 9.87. The third-order valence-corrected chi connectivity index (χ3v) is 4.02. The van der Waals surface area contributed by atoms with E-state index in [1.807, 2.05) is 0 Å². The van der Waals surface area contributed by atoms with Crippen molar-refractivity contribution in [1.29, 1.82) is 0 Å². The average molecular weight is 225 g/mol. The lowest BCUT2D eigenvalue weighted by Crippen LogP contribution is -2.30. The zero-order valence-corrected chi connectivity index (χ0v) is 10.5. The highest BCUT2D eigenvalue weighted by molar-refractivity contribution is 7.09. The minimum Gasteiger partial charge on any atom is -0.357 e. The normalized spacial score (nSPS) is 24.3. The number of rotatable bonds is 3. The van der Waals surface area contributed by atoms with Gasteiger partial charge in [0.1, 0.15) is 5.82 Å². The van der Waals surface area contributed by atoms with Gasteiger partial charge in [-0.25, -0.2) is 4.98 Å². The number of nitrogens with one attached hydrogen (secondary N) is 1.